The summed E-state index contributed by atoms with van der Waals surface area (Å²) in [5.74, 6) is 0. The SMILES string of the molecule is O=CC1(C=O)CC=CC=C1c1ccccc1. The fraction of sp³-hybridized carbons (Fsp3) is 0.143. The Kier molecular flexibility index (Phi) is 2.82. The highest BCUT2D eigenvalue weighted by Crippen LogP contribution is 2.37. The second-order valence-corrected chi connectivity index (χ2v) is 3.85. The molecule has 0 aliphatic heterocycles. The summed E-state index contributed by atoms with van der Waals surface area (Å²) in [6.07, 6.45) is 7.48. The zero-order valence-electron chi connectivity index (χ0n) is 8.80. The maximum atomic E-state index is 11.2. The number of hydrogen-bond acceptors (Lipinski definition) is 2. The lowest BCUT2D eigenvalue weighted by Crippen LogP contribution is -2.27. The lowest BCUT2D eigenvalue weighted by molar-refractivity contribution is -0.122. The molecule has 2 nitrogen and oxygen atoms in total. The fourth-order valence-electron chi connectivity index (χ4n) is 1.93. The molecular weight excluding hydrogens is 200 g/mol. The standard InChI is InChI=1S/C14H12O2/c15-10-14(11-16)9-5-4-8-13(14)12-6-2-1-3-7-12/h1-8,10-11H,9H2. The van der Waals surface area contributed by atoms with Gasteiger partial charge < -0.3 is 9.59 Å². The summed E-state index contributed by atoms with van der Waals surface area (Å²) in [5, 5.41) is 0. The molecule has 0 heterocycles. The van der Waals surface area contributed by atoms with Crippen molar-refractivity contribution in [2.24, 2.45) is 5.41 Å². The molecule has 0 aromatic heterocycles. The van der Waals surface area contributed by atoms with Gasteiger partial charge in [0.1, 0.15) is 18.0 Å². The van der Waals surface area contributed by atoms with Crippen LogP contribution in [0, 0.1) is 5.41 Å². The van der Waals surface area contributed by atoms with Crippen LogP contribution >= 0.6 is 0 Å². The van der Waals surface area contributed by atoms with Gasteiger partial charge in [0, 0.05) is 0 Å². The third-order valence-electron chi connectivity index (χ3n) is 2.86. The Morgan fingerprint density at radius 2 is 1.75 bits per heavy atom. The molecule has 0 radical (unpaired) electrons. The van der Waals surface area contributed by atoms with Crippen LogP contribution in [-0.2, 0) is 9.59 Å². The van der Waals surface area contributed by atoms with Crippen molar-refractivity contribution in [2.45, 2.75) is 6.42 Å². The highest BCUT2D eigenvalue weighted by molar-refractivity contribution is 6.02. The van der Waals surface area contributed by atoms with Crippen molar-refractivity contribution in [2.75, 3.05) is 0 Å². The van der Waals surface area contributed by atoms with E-state index in [1.54, 1.807) is 0 Å². The van der Waals surface area contributed by atoms with Gasteiger partial charge in [0.25, 0.3) is 0 Å². The molecule has 1 aliphatic carbocycles. The van der Waals surface area contributed by atoms with Gasteiger partial charge in [-0.25, -0.2) is 0 Å². The van der Waals surface area contributed by atoms with E-state index in [-0.39, 0.29) is 0 Å². The largest absolute Gasteiger partial charge is 0.302 e. The van der Waals surface area contributed by atoms with E-state index >= 15 is 0 Å². The summed E-state index contributed by atoms with van der Waals surface area (Å²) in [4.78, 5) is 22.4. The average Bonchev–Trinajstić information content (AvgIpc) is 2.39. The summed E-state index contributed by atoms with van der Waals surface area (Å²) >= 11 is 0. The second kappa shape index (κ2) is 4.27. The van der Waals surface area contributed by atoms with E-state index in [2.05, 4.69) is 0 Å². The fourth-order valence-corrected chi connectivity index (χ4v) is 1.93. The van der Waals surface area contributed by atoms with Gasteiger partial charge in [-0.2, -0.15) is 0 Å². The van der Waals surface area contributed by atoms with E-state index in [0.29, 0.717) is 6.42 Å². The van der Waals surface area contributed by atoms with Crippen LogP contribution < -0.4 is 0 Å². The first-order chi connectivity index (χ1) is 7.82. The van der Waals surface area contributed by atoms with Gasteiger partial charge in [-0.3, -0.25) is 0 Å². The maximum absolute atomic E-state index is 11.2. The van der Waals surface area contributed by atoms with E-state index < -0.39 is 5.41 Å². The molecule has 2 rings (SSSR count). The number of rotatable bonds is 3. The Balaban J connectivity index is 2.52. The number of benzene rings is 1. The van der Waals surface area contributed by atoms with Crippen LogP contribution in [0.15, 0.2) is 48.6 Å². The molecule has 0 saturated heterocycles. The first-order valence-corrected chi connectivity index (χ1v) is 5.18. The minimum atomic E-state index is -1.00. The lowest BCUT2D eigenvalue weighted by atomic mass is 9.74. The average molecular weight is 212 g/mol. The van der Waals surface area contributed by atoms with E-state index in [4.69, 9.17) is 0 Å². The molecule has 16 heavy (non-hydrogen) atoms. The van der Waals surface area contributed by atoms with Crippen molar-refractivity contribution < 1.29 is 9.59 Å². The topological polar surface area (TPSA) is 34.1 Å². The van der Waals surface area contributed by atoms with Gasteiger partial charge in [-0.1, -0.05) is 48.6 Å². The third-order valence-corrected chi connectivity index (χ3v) is 2.86. The lowest BCUT2D eigenvalue weighted by Gasteiger charge is -2.26. The molecule has 1 aliphatic rings. The Morgan fingerprint density at radius 1 is 1.06 bits per heavy atom. The van der Waals surface area contributed by atoms with Crippen LogP contribution in [0.5, 0.6) is 0 Å². The van der Waals surface area contributed by atoms with Crippen molar-refractivity contribution in [3.05, 3.63) is 54.1 Å². The summed E-state index contributed by atoms with van der Waals surface area (Å²) in [6.45, 7) is 0. The molecule has 0 saturated carbocycles. The minimum Gasteiger partial charge on any atom is -0.302 e. The molecule has 0 unspecified atom stereocenters. The van der Waals surface area contributed by atoms with Gasteiger partial charge >= 0.3 is 0 Å². The summed E-state index contributed by atoms with van der Waals surface area (Å²) in [6, 6.07) is 9.52. The molecule has 0 N–H and O–H groups in total. The van der Waals surface area contributed by atoms with Crippen molar-refractivity contribution in [3.63, 3.8) is 0 Å². The van der Waals surface area contributed by atoms with Crippen LogP contribution in [0.25, 0.3) is 5.57 Å². The van der Waals surface area contributed by atoms with Crippen molar-refractivity contribution in [3.8, 4) is 0 Å². The monoisotopic (exact) mass is 212 g/mol. The van der Waals surface area contributed by atoms with Gasteiger partial charge in [0.2, 0.25) is 0 Å². The first kappa shape index (κ1) is 10.6. The number of allylic oxidation sites excluding steroid dienone is 4. The predicted octanol–water partition coefficient (Wildman–Crippen LogP) is 2.41. The van der Waals surface area contributed by atoms with E-state index in [1.165, 1.54) is 0 Å². The highest BCUT2D eigenvalue weighted by Gasteiger charge is 2.34. The van der Waals surface area contributed by atoms with Crippen LogP contribution in [0.2, 0.25) is 0 Å². The molecule has 2 heteroatoms. The van der Waals surface area contributed by atoms with Crippen LogP contribution in [0.4, 0.5) is 0 Å². The Bertz CT molecular complexity index is 447. The second-order valence-electron chi connectivity index (χ2n) is 3.85. The molecular formula is C14H12O2. The molecule has 0 amide bonds. The molecule has 0 spiro atoms. The normalized spacial score (nSPS) is 17.6. The quantitative estimate of drug-likeness (QED) is 0.569. The van der Waals surface area contributed by atoms with Crippen molar-refractivity contribution in [1.82, 2.24) is 0 Å². The molecule has 80 valence electrons. The minimum absolute atomic E-state index is 0.445. The van der Waals surface area contributed by atoms with Crippen molar-refractivity contribution >= 4 is 18.1 Å². The molecule has 1 aromatic carbocycles. The Labute approximate surface area is 94.3 Å². The van der Waals surface area contributed by atoms with Crippen LogP contribution in [0.3, 0.4) is 0 Å². The van der Waals surface area contributed by atoms with E-state index in [1.807, 2.05) is 48.6 Å². The van der Waals surface area contributed by atoms with Crippen LogP contribution in [-0.4, -0.2) is 12.6 Å². The number of carbonyl (C=O) groups is 2. The van der Waals surface area contributed by atoms with Crippen LogP contribution in [0.1, 0.15) is 12.0 Å². The predicted molar refractivity (Wildman–Crippen MR) is 62.7 cm³/mol. The number of hydrogen-bond donors (Lipinski definition) is 0. The molecule has 0 fully saturated rings. The summed E-state index contributed by atoms with van der Waals surface area (Å²) in [7, 11) is 0. The molecule has 0 bridgehead atoms. The Morgan fingerprint density at radius 3 is 2.38 bits per heavy atom. The zero-order valence-corrected chi connectivity index (χ0v) is 8.80. The molecule has 1 aromatic rings. The Hall–Kier alpha value is -1.96. The zero-order chi connectivity index (χ0) is 11.4. The summed E-state index contributed by atoms with van der Waals surface area (Å²) < 4.78 is 0. The smallest absolute Gasteiger partial charge is 0.138 e. The van der Waals surface area contributed by atoms with Gasteiger partial charge in [-0.15, -0.1) is 0 Å². The van der Waals surface area contributed by atoms with Gasteiger partial charge in [-0.05, 0) is 17.6 Å². The molecule has 0 atom stereocenters. The third kappa shape index (κ3) is 1.63. The summed E-state index contributed by atoms with van der Waals surface area (Å²) in [5.41, 5.74) is 0.697. The number of aldehydes is 2. The maximum Gasteiger partial charge on any atom is 0.138 e. The van der Waals surface area contributed by atoms with E-state index in [9.17, 15) is 9.59 Å². The van der Waals surface area contributed by atoms with Gasteiger partial charge in [0.15, 0.2) is 0 Å². The highest BCUT2D eigenvalue weighted by atomic mass is 16.1. The first-order valence-electron chi connectivity index (χ1n) is 5.18. The number of carbonyl (C=O) groups excluding carboxylic acids is 2. The van der Waals surface area contributed by atoms with Crippen molar-refractivity contribution in [1.29, 1.82) is 0 Å². The van der Waals surface area contributed by atoms with E-state index in [0.717, 1.165) is 23.7 Å². The van der Waals surface area contributed by atoms with Gasteiger partial charge in [0.05, 0.1) is 0 Å².